The second-order valence-corrected chi connectivity index (χ2v) is 20.9. The van der Waals surface area contributed by atoms with Crippen molar-refractivity contribution in [2.45, 2.75) is 213 Å². The molecule has 0 rings (SSSR count). The summed E-state index contributed by atoms with van der Waals surface area (Å²) in [7, 11) is -4.42. The maximum atomic E-state index is 12.7. The molecule has 452 valence electrons. The van der Waals surface area contributed by atoms with Gasteiger partial charge >= 0.3 is 19.8 Å². The zero-order valence-electron chi connectivity index (χ0n) is 50.4. The molecule has 3 N–H and O–H groups in total. The van der Waals surface area contributed by atoms with Gasteiger partial charge in [-0.15, -0.1) is 0 Å². The Morgan fingerprint density at radius 2 is 0.654 bits per heavy atom. The van der Waals surface area contributed by atoms with Crippen LogP contribution in [0.1, 0.15) is 206 Å². The Hall–Kier alpha value is -5.15. The van der Waals surface area contributed by atoms with Gasteiger partial charge in [-0.1, -0.05) is 253 Å². The molecule has 2 atom stereocenters. The van der Waals surface area contributed by atoms with E-state index < -0.39 is 32.5 Å². The fourth-order valence-electron chi connectivity index (χ4n) is 7.50. The molecule has 81 heavy (non-hydrogen) atoms. The van der Waals surface area contributed by atoms with Gasteiger partial charge in [0.1, 0.15) is 6.61 Å². The number of allylic oxidation sites excluding steroid dienone is 32. The summed E-state index contributed by atoms with van der Waals surface area (Å²) < 4.78 is 33.0. The summed E-state index contributed by atoms with van der Waals surface area (Å²) >= 11 is 0. The van der Waals surface area contributed by atoms with E-state index in [-0.39, 0.29) is 32.6 Å². The maximum absolute atomic E-state index is 12.7. The van der Waals surface area contributed by atoms with Crippen LogP contribution >= 0.6 is 7.82 Å². The van der Waals surface area contributed by atoms with Gasteiger partial charge in [-0.25, -0.2) is 4.57 Å². The van der Waals surface area contributed by atoms with E-state index in [1.807, 2.05) is 6.08 Å². The van der Waals surface area contributed by atoms with Crippen LogP contribution in [-0.2, 0) is 32.7 Å². The number of carbonyl (C=O) groups excluding carboxylic acids is 2. The number of esters is 2. The summed E-state index contributed by atoms with van der Waals surface area (Å²) in [6.45, 7) is 3.41. The number of nitrogens with two attached hydrogens (primary N) is 1. The van der Waals surface area contributed by atoms with Gasteiger partial charge in [0.05, 0.1) is 13.2 Å². The van der Waals surface area contributed by atoms with Gasteiger partial charge in [-0.2, -0.15) is 0 Å². The summed E-state index contributed by atoms with van der Waals surface area (Å²) in [6, 6.07) is 0. The molecule has 0 aliphatic rings. The van der Waals surface area contributed by atoms with Crippen molar-refractivity contribution in [1.82, 2.24) is 0 Å². The van der Waals surface area contributed by atoms with Crippen molar-refractivity contribution < 1.29 is 37.6 Å². The van der Waals surface area contributed by atoms with Crippen molar-refractivity contribution >= 4 is 19.8 Å². The molecule has 0 bridgehead atoms. The Bertz CT molecular complexity index is 2020. The summed E-state index contributed by atoms with van der Waals surface area (Å²) in [5.74, 6) is -0.922. The zero-order valence-corrected chi connectivity index (χ0v) is 51.3. The van der Waals surface area contributed by atoms with Crippen LogP contribution in [-0.4, -0.2) is 49.3 Å². The number of rotatable bonds is 55. The smallest absolute Gasteiger partial charge is 0.462 e. The van der Waals surface area contributed by atoms with Crippen molar-refractivity contribution in [3.63, 3.8) is 0 Å². The number of unbranched alkanes of at least 4 members (excludes halogenated alkanes) is 10. The number of hydrogen-bond acceptors (Lipinski definition) is 8. The van der Waals surface area contributed by atoms with Gasteiger partial charge in [0, 0.05) is 19.4 Å². The normalized spacial score (nSPS) is 14.4. The van der Waals surface area contributed by atoms with E-state index in [2.05, 4.69) is 202 Å². The van der Waals surface area contributed by atoms with E-state index in [9.17, 15) is 19.0 Å². The standard InChI is InChI=1S/C71H110NO8P/c1-3-5-7-9-11-13-15-17-19-21-23-25-27-29-31-33-34-36-37-39-41-43-45-47-49-51-53-55-57-59-61-63-70(73)77-67-69(68-79-81(75,76)78-66-65-72)80-71(74)64-62-60-58-56-54-52-50-48-46-44-42-40-38-35-32-30-28-26-24-22-20-18-16-14-12-10-8-6-4-2/h5-8,11-14,17-20,23-26,29-32,34,36,38-41,44,46,50,52,56,58,69H,3-4,9-10,15-16,21-22,27-28,33,35,37,42-43,45,47-49,51,53-55,57,59-68,72H2,1-2H3,(H,75,76)/b7-5-,8-6-,13-11-,14-12-,19-17-,20-18-,25-23-,26-24-,31-29-,32-30-,36-34-,40-38-,41-39-,46-44-,52-50-,58-56-. The first-order chi connectivity index (χ1) is 39.8. The minimum absolute atomic E-state index is 0.0318. The topological polar surface area (TPSA) is 134 Å². The van der Waals surface area contributed by atoms with Gasteiger partial charge in [-0.3, -0.25) is 18.6 Å². The number of phosphoric acid groups is 1. The lowest BCUT2D eigenvalue weighted by Crippen LogP contribution is -2.29. The maximum Gasteiger partial charge on any atom is 0.472 e. The van der Waals surface area contributed by atoms with Crippen molar-refractivity contribution in [1.29, 1.82) is 0 Å². The van der Waals surface area contributed by atoms with Crippen LogP contribution in [0.15, 0.2) is 194 Å². The van der Waals surface area contributed by atoms with Crippen molar-refractivity contribution in [2.75, 3.05) is 26.4 Å². The van der Waals surface area contributed by atoms with Crippen LogP contribution in [0, 0.1) is 0 Å². The third-order valence-corrected chi connectivity index (χ3v) is 13.0. The van der Waals surface area contributed by atoms with E-state index in [1.54, 1.807) is 0 Å². The number of hydrogen-bond donors (Lipinski definition) is 2. The molecule has 0 heterocycles. The van der Waals surface area contributed by atoms with Gasteiger partial charge in [0.15, 0.2) is 6.10 Å². The highest BCUT2D eigenvalue weighted by Gasteiger charge is 2.26. The zero-order chi connectivity index (χ0) is 58.7. The lowest BCUT2D eigenvalue weighted by molar-refractivity contribution is -0.161. The summed E-state index contributed by atoms with van der Waals surface area (Å²) in [5, 5.41) is 0. The fraction of sp³-hybridized carbons (Fsp3) is 0.521. The SMILES string of the molecule is CC/C=C\C/C=C\C/C=C\C/C=C\C/C=C\C/C=C\C/C=C\C/C=C\C/C=C\CCCC(=O)OC(COC(=O)CCCCCCCCCCC/C=C\C/C=C\C/C=C\C/C=C\C/C=C\C/C=C\C/C=C\CC)COP(=O)(O)OCCN. The molecule has 9 nitrogen and oxygen atoms in total. The van der Waals surface area contributed by atoms with Crippen molar-refractivity contribution in [2.24, 2.45) is 5.73 Å². The molecule has 0 aromatic heterocycles. The van der Waals surface area contributed by atoms with Crippen molar-refractivity contribution in [3.8, 4) is 0 Å². The second kappa shape index (κ2) is 64.0. The van der Waals surface area contributed by atoms with E-state index in [0.29, 0.717) is 19.3 Å². The Morgan fingerprint density at radius 3 is 0.988 bits per heavy atom. The first-order valence-electron chi connectivity index (χ1n) is 30.9. The summed E-state index contributed by atoms with van der Waals surface area (Å²) in [5.41, 5.74) is 5.38. The van der Waals surface area contributed by atoms with E-state index in [1.165, 1.54) is 32.1 Å². The molecule has 0 saturated heterocycles. The molecule has 0 spiro atoms. The predicted octanol–water partition coefficient (Wildman–Crippen LogP) is 20.2. The third kappa shape index (κ3) is 63.9. The van der Waals surface area contributed by atoms with Crippen LogP contribution < -0.4 is 5.73 Å². The number of ether oxygens (including phenoxy) is 2. The number of carbonyl (C=O) groups is 2. The Balaban J connectivity index is 4.14. The molecule has 0 aliphatic heterocycles. The molecule has 0 saturated carbocycles. The first-order valence-corrected chi connectivity index (χ1v) is 32.4. The molecular formula is C71H110NO8P. The molecule has 0 fully saturated rings. The lowest BCUT2D eigenvalue weighted by atomic mass is 10.1. The molecule has 0 aliphatic carbocycles. The Labute approximate surface area is 494 Å². The van der Waals surface area contributed by atoms with Gasteiger partial charge < -0.3 is 20.1 Å². The number of phosphoric ester groups is 1. The third-order valence-electron chi connectivity index (χ3n) is 12.0. The summed E-state index contributed by atoms with van der Waals surface area (Å²) in [6.07, 6.45) is 97.8. The minimum atomic E-state index is -4.42. The predicted molar refractivity (Wildman–Crippen MR) is 348 cm³/mol. The highest BCUT2D eigenvalue weighted by Crippen LogP contribution is 2.43. The van der Waals surface area contributed by atoms with Crippen molar-refractivity contribution in [3.05, 3.63) is 194 Å². The van der Waals surface area contributed by atoms with Crippen LogP contribution in [0.3, 0.4) is 0 Å². The fourth-order valence-corrected chi connectivity index (χ4v) is 8.26. The van der Waals surface area contributed by atoms with Crippen LogP contribution in [0.25, 0.3) is 0 Å². The first kappa shape index (κ1) is 75.8. The molecule has 0 amide bonds. The average Bonchev–Trinajstić information content (AvgIpc) is 3.46. The highest BCUT2D eigenvalue weighted by molar-refractivity contribution is 7.47. The van der Waals surface area contributed by atoms with E-state index in [4.69, 9.17) is 24.3 Å². The monoisotopic (exact) mass is 1140 g/mol. The molecule has 0 aromatic rings. The summed E-state index contributed by atoms with van der Waals surface area (Å²) in [4.78, 5) is 35.2. The quantitative estimate of drug-likeness (QED) is 0.0264. The lowest BCUT2D eigenvalue weighted by Gasteiger charge is -2.19. The van der Waals surface area contributed by atoms with E-state index >= 15 is 0 Å². The molecule has 2 unspecified atom stereocenters. The highest BCUT2D eigenvalue weighted by atomic mass is 31.2. The van der Waals surface area contributed by atoms with Crippen LogP contribution in [0.4, 0.5) is 0 Å². The molecule has 0 radical (unpaired) electrons. The van der Waals surface area contributed by atoms with Gasteiger partial charge in [0.25, 0.3) is 0 Å². The van der Waals surface area contributed by atoms with Gasteiger partial charge in [0.2, 0.25) is 0 Å². The van der Waals surface area contributed by atoms with Gasteiger partial charge in [-0.05, 0) is 135 Å². The van der Waals surface area contributed by atoms with E-state index in [0.717, 1.165) is 128 Å². The Morgan fingerprint density at radius 1 is 0.370 bits per heavy atom. The molecule has 10 heteroatoms. The van der Waals surface area contributed by atoms with Crippen LogP contribution in [0.2, 0.25) is 0 Å². The Kier molecular flexibility index (Phi) is 60.0. The molecule has 0 aromatic carbocycles. The van der Waals surface area contributed by atoms with Crippen LogP contribution in [0.5, 0.6) is 0 Å². The average molecular weight is 1140 g/mol. The minimum Gasteiger partial charge on any atom is -0.462 e. The second-order valence-electron chi connectivity index (χ2n) is 19.5. The molecular weight excluding hydrogens is 1030 g/mol. The largest absolute Gasteiger partial charge is 0.472 e.